The van der Waals surface area contributed by atoms with Crippen LogP contribution in [-0.2, 0) is 12.8 Å². The summed E-state index contributed by atoms with van der Waals surface area (Å²) in [6.07, 6.45) is 3.08. The number of fused-ring (bicyclic) bond motifs is 3. The molecule has 1 aliphatic rings. The Morgan fingerprint density at radius 1 is 1.29 bits per heavy atom. The first-order valence-corrected chi connectivity index (χ1v) is 5.83. The third-order valence-corrected chi connectivity index (χ3v) is 3.49. The molecule has 1 aliphatic carbocycles. The molecule has 1 aromatic heterocycles. The van der Waals surface area contributed by atoms with Gasteiger partial charge in [-0.1, -0.05) is 0 Å². The van der Waals surface area contributed by atoms with Gasteiger partial charge < -0.3 is 10.8 Å². The highest BCUT2D eigenvalue weighted by Gasteiger charge is 2.22. The van der Waals surface area contributed by atoms with Crippen LogP contribution in [0.1, 0.15) is 24.1 Å². The van der Waals surface area contributed by atoms with Crippen LogP contribution in [0.15, 0.2) is 18.2 Å². The van der Waals surface area contributed by atoms with Crippen LogP contribution in [-0.4, -0.2) is 15.8 Å². The monoisotopic (exact) mass is 230 g/mol. The minimum absolute atomic E-state index is 0.688. The number of aromatic nitrogens is 1. The fourth-order valence-corrected chi connectivity index (χ4v) is 2.78. The Morgan fingerprint density at radius 3 is 2.82 bits per heavy atom. The van der Waals surface area contributed by atoms with Crippen molar-refractivity contribution < 1.29 is 9.90 Å². The summed E-state index contributed by atoms with van der Waals surface area (Å²) in [5, 5.41) is 10.3. The summed E-state index contributed by atoms with van der Waals surface area (Å²) in [5.74, 6) is 0. The van der Waals surface area contributed by atoms with Crippen molar-refractivity contribution in [1.29, 1.82) is 0 Å². The lowest BCUT2D eigenvalue weighted by atomic mass is 9.95. The fraction of sp³-hybridized carbons (Fsp3) is 0.308. The number of carbonyl (C=O) groups is 1. The second kappa shape index (κ2) is 3.52. The Balaban J connectivity index is 2.41. The molecule has 3 rings (SSSR count). The minimum Gasteiger partial charge on any atom is -0.464 e. The standard InChI is InChI=1S/C13H14N2O2/c14-8-5-6-12-10(7-8)9-3-1-2-4-11(9)15(12)13(16)17/h5-7H,1-4,14H2,(H,16,17). The van der Waals surface area contributed by atoms with Gasteiger partial charge in [0.05, 0.1) is 5.52 Å². The van der Waals surface area contributed by atoms with Gasteiger partial charge in [-0.05, 0) is 49.4 Å². The van der Waals surface area contributed by atoms with Gasteiger partial charge >= 0.3 is 6.09 Å². The Bertz CT molecular complexity index is 613. The van der Waals surface area contributed by atoms with Crippen LogP contribution in [0.4, 0.5) is 10.5 Å². The van der Waals surface area contributed by atoms with Crippen LogP contribution in [0.2, 0.25) is 0 Å². The average Bonchev–Trinajstić information content (AvgIpc) is 2.63. The molecule has 0 aliphatic heterocycles. The zero-order chi connectivity index (χ0) is 12.0. The van der Waals surface area contributed by atoms with Gasteiger partial charge in [0.25, 0.3) is 0 Å². The molecule has 0 fully saturated rings. The van der Waals surface area contributed by atoms with Crippen LogP contribution in [0.5, 0.6) is 0 Å². The lowest BCUT2D eigenvalue weighted by Crippen LogP contribution is -2.14. The van der Waals surface area contributed by atoms with E-state index in [9.17, 15) is 9.90 Å². The lowest BCUT2D eigenvalue weighted by molar-refractivity contribution is 0.196. The maximum absolute atomic E-state index is 11.4. The topological polar surface area (TPSA) is 68.2 Å². The summed E-state index contributed by atoms with van der Waals surface area (Å²) < 4.78 is 1.42. The summed E-state index contributed by atoms with van der Waals surface area (Å²) >= 11 is 0. The van der Waals surface area contributed by atoms with E-state index < -0.39 is 6.09 Å². The highest BCUT2D eigenvalue weighted by atomic mass is 16.4. The number of nitrogens with zero attached hydrogens (tertiary/aromatic N) is 1. The van der Waals surface area contributed by atoms with Crippen molar-refractivity contribution in [1.82, 2.24) is 4.57 Å². The van der Waals surface area contributed by atoms with Crippen molar-refractivity contribution in [2.45, 2.75) is 25.7 Å². The molecule has 1 aromatic carbocycles. The molecular weight excluding hydrogens is 216 g/mol. The van der Waals surface area contributed by atoms with E-state index >= 15 is 0 Å². The number of hydrogen-bond acceptors (Lipinski definition) is 2. The number of nitrogens with two attached hydrogens (primary N) is 1. The van der Waals surface area contributed by atoms with Crippen LogP contribution in [0.3, 0.4) is 0 Å². The Kier molecular flexibility index (Phi) is 2.11. The molecule has 17 heavy (non-hydrogen) atoms. The summed E-state index contributed by atoms with van der Waals surface area (Å²) in [5.41, 5.74) is 9.35. The molecule has 88 valence electrons. The van der Waals surface area contributed by atoms with E-state index in [4.69, 9.17) is 5.73 Å². The van der Waals surface area contributed by atoms with Gasteiger partial charge in [-0.3, -0.25) is 0 Å². The largest absolute Gasteiger partial charge is 0.464 e. The minimum atomic E-state index is -0.900. The van der Waals surface area contributed by atoms with Gasteiger partial charge in [0, 0.05) is 16.8 Å². The van der Waals surface area contributed by atoms with Crippen LogP contribution < -0.4 is 5.73 Å². The van der Waals surface area contributed by atoms with Crippen molar-refractivity contribution in [2.24, 2.45) is 0 Å². The van der Waals surface area contributed by atoms with Crippen molar-refractivity contribution in [2.75, 3.05) is 5.73 Å². The van der Waals surface area contributed by atoms with Gasteiger partial charge in [0.2, 0.25) is 0 Å². The number of rotatable bonds is 0. The van der Waals surface area contributed by atoms with Crippen LogP contribution >= 0.6 is 0 Å². The van der Waals surface area contributed by atoms with E-state index in [0.29, 0.717) is 5.69 Å². The molecule has 1 heterocycles. The Morgan fingerprint density at radius 2 is 2.06 bits per heavy atom. The van der Waals surface area contributed by atoms with Gasteiger partial charge in [-0.2, -0.15) is 0 Å². The molecule has 0 amide bonds. The van der Waals surface area contributed by atoms with E-state index in [0.717, 1.165) is 42.3 Å². The second-order valence-corrected chi connectivity index (χ2v) is 4.53. The average molecular weight is 230 g/mol. The van der Waals surface area contributed by atoms with Crippen molar-refractivity contribution in [3.8, 4) is 0 Å². The van der Waals surface area contributed by atoms with E-state index in [1.807, 2.05) is 6.07 Å². The van der Waals surface area contributed by atoms with Gasteiger partial charge in [0.15, 0.2) is 0 Å². The fourth-order valence-electron chi connectivity index (χ4n) is 2.78. The normalized spacial score (nSPS) is 14.8. The number of aryl methyl sites for hydroxylation is 1. The second-order valence-electron chi connectivity index (χ2n) is 4.53. The first-order valence-electron chi connectivity index (χ1n) is 5.83. The SMILES string of the molecule is Nc1ccc2c(c1)c1c(n2C(=O)O)CCCC1. The predicted octanol–water partition coefficient (Wildman–Crippen LogP) is 2.63. The van der Waals surface area contributed by atoms with Gasteiger partial charge in [0.1, 0.15) is 0 Å². The Labute approximate surface area is 98.6 Å². The molecule has 0 spiro atoms. The lowest BCUT2D eigenvalue weighted by Gasteiger charge is -2.12. The van der Waals surface area contributed by atoms with E-state index in [-0.39, 0.29) is 0 Å². The maximum Gasteiger partial charge on any atom is 0.416 e. The number of anilines is 1. The molecule has 0 radical (unpaired) electrons. The van der Waals surface area contributed by atoms with Gasteiger partial charge in [-0.15, -0.1) is 0 Å². The van der Waals surface area contributed by atoms with E-state index in [2.05, 4.69) is 0 Å². The zero-order valence-electron chi connectivity index (χ0n) is 9.44. The third-order valence-electron chi connectivity index (χ3n) is 3.49. The zero-order valence-corrected chi connectivity index (χ0v) is 9.44. The summed E-state index contributed by atoms with van der Waals surface area (Å²) in [6, 6.07) is 5.45. The van der Waals surface area contributed by atoms with Gasteiger partial charge in [-0.25, -0.2) is 9.36 Å². The molecule has 0 unspecified atom stereocenters. The number of benzene rings is 1. The van der Waals surface area contributed by atoms with Crippen LogP contribution in [0, 0.1) is 0 Å². The number of carboxylic acid groups (broad SMARTS) is 1. The maximum atomic E-state index is 11.4. The first-order chi connectivity index (χ1) is 8.18. The number of hydrogen-bond donors (Lipinski definition) is 2. The highest BCUT2D eigenvalue weighted by molar-refractivity contribution is 5.94. The molecular formula is C13H14N2O2. The highest BCUT2D eigenvalue weighted by Crippen LogP contribution is 2.33. The summed E-state index contributed by atoms with van der Waals surface area (Å²) in [4.78, 5) is 11.4. The third kappa shape index (κ3) is 1.40. The van der Waals surface area contributed by atoms with Crippen molar-refractivity contribution in [3.05, 3.63) is 29.5 Å². The molecule has 0 saturated heterocycles. The summed E-state index contributed by atoms with van der Waals surface area (Å²) in [7, 11) is 0. The first kappa shape index (κ1) is 10.2. The molecule has 0 saturated carbocycles. The number of nitrogen functional groups attached to an aromatic ring is 1. The quantitative estimate of drug-likeness (QED) is 0.683. The van der Waals surface area contributed by atoms with Crippen molar-refractivity contribution in [3.63, 3.8) is 0 Å². The van der Waals surface area contributed by atoms with Crippen LogP contribution in [0.25, 0.3) is 10.9 Å². The molecule has 0 atom stereocenters. The van der Waals surface area contributed by atoms with E-state index in [1.54, 1.807) is 12.1 Å². The smallest absolute Gasteiger partial charge is 0.416 e. The molecule has 0 bridgehead atoms. The summed E-state index contributed by atoms with van der Waals surface area (Å²) in [6.45, 7) is 0. The predicted molar refractivity (Wildman–Crippen MR) is 66.4 cm³/mol. The van der Waals surface area contributed by atoms with Crippen molar-refractivity contribution >= 4 is 22.7 Å². The Hall–Kier alpha value is -1.97. The molecule has 2 aromatic rings. The molecule has 4 nitrogen and oxygen atoms in total. The van der Waals surface area contributed by atoms with E-state index in [1.165, 1.54) is 10.1 Å². The molecule has 4 heteroatoms. The molecule has 3 N–H and O–H groups in total.